The number of aromatic amines is 2. The van der Waals surface area contributed by atoms with Crippen molar-refractivity contribution in [3.05, 3.63) is 70.0 Å². The largest absolute Gasteiger partial charge is 0.340 e. The molecule has 0 aliphatic carbocycles. The number of carbonyl (C=O) groups is 2. The van der Waals surface area contributed by atoms with Crippen molar-refractivity contribution in [1.82, 2.24) is 19.9 Å². The van der Waals surface area contributed by atoms with Crippen molar-refractivity contribution in [2.75, 3.05) is 10.6 Å². The quantitative estimate of drug-likeness (QED) is 0.371. The third-order valence-electron chi connectivity index (χ3n) is 4.21. The summed E-state index contributed by atoms with van der Waals surface area (Å²) in [6.45, 7) is 1.85. The van der Waals surface area contributed by atoms with Gasteiger partial charge in [0.2, 0.25) is 5.95 Å². The molecule has 2 aromatic carbocycles. The maximum absolute atomic E-state index is 13.3. The molecular formula is C19H14BrFN6O2. The molecular weight excluding hydrogens is 443 g/mol. The van der Waals surface area contributed by atoms with Gasteiger partial charge >= 0.3 is 0 Å². The fraction of sp³-hybridized carbons (Fsp3) is 0.0526. The Morgan fingerprint density at radius 3 is 2.76 bits per heavy atom. The van der Waals surface area contributed by atoms with E-state index < -0.39 is 17.6 Å². The van der Waals surface area contributed by atoms with E-state index in [-0.39, 0.29) is 17.3 Å². The molecule has 0 spiro atoms. The van der Waals surface area contributed by atoms with Gasteiger partial charge in [-0.1, -0.05) is 22.0 Å². The Morgan fingerprint density at radius 1 is 1.10 bits per heavy atom. The van der Waals surface area contributed by atoms with E-state index in [1.165, 1.54) is 24.5 Å². The van der Waals surface area contributed by atoms with Crippen molar-refractivity contribution in [3.8, 4) is 0 Å². The van der Waals surface area contributed by atoms with Crippen LogP contribution in [-0.2, 0) is 0 Å². The van der Waals surface area contributed by atoms with Gasteiger partial charge in [0.15, 0.2) is 5.69 Å². The summed E-state index contributed by atoms with van der Waals surface area (Å²) in [6.07, 6.45) is 1.26. The van der Waals surface area contributed by atoms with Crippen LogP contribution in [-0.4, -0.2) is 31.8 Å². The second-order valence-electron chi connectivity index (χ2n) is 6.24. The van der Waals surface area contributed by atoms with Gasteiger partial charge in [-0.3, -0.25) is 14.9 Å². The fourth-order valence-corrected chi connectivity index (χ4v) is 3.12. The number of fused-ring (bicyclic) bond motifs is 1. The van der Waals surface area contributed by atoms with Crippen LogP contribution < -0.4 is 10.6 Å². The lowest BCUT2D eigenvalue weighted by molar-refractivity contribution is 0.0985. The average molecular weight is 457 g/mol. The zero-order valence-electron chi connectivity index (χ0n) is 15.0. The second-order valence-corrected chi connectivity index (χ2v) is 7.16. The van der Waals surface area contributed by atoms with Crippen LogP contribution in [0, 0.1) is 12.7 Å². The molecule has 0 atom stereocenters. The van der Waals surface area contributed by atoms with E-state index in [9.17, 15) is 14.0 Å². The van der Waals surface area contributed by atoms with Crippen LogP contribution in [0.15, 0.2) is 47.2 Å². The van der Waals surface area contributed by atoms with Crippen LogP contribution in [0.25, 0.3) is 11.0 Å². The zero-order valence-corrected chi connectivity index (χ0v) is 16.6. The van der Waals surface area contributed by atoms with Crippen LogP contribution in [0.2, 0.25) is 0 Å². The first kappa shape index (κ1) is 18.8. The van der Waals surface area contributed by atoms with E-state index in [4.69, 9.17) is 0 Å². The molecule has 146 valence electrons. The molecule has 4 aromatic rings. The molecule has 0 unspecified atom stereocenters. The number of hydrogen-bond acceptors (Lipinski definition) is 4. The van der Waals surface area contributed by atoms with Gasteiger partial charge < -0.3 is 15.3 Å². The van der Waals surface area contributed by atoms with Gasteiger partial charge in [-0.05, 0) is 36.8 Å². The molecule has 0 aliphatic heterocycles. The van der Waals surface area contributed by atoms with Crippen molar-refractivity contribution in [2.45, 2.75) is 6.92 Å². The number of nitrogens with zero attached hydrogens (tertiary/aromatic N) is 2. The van der Waals surface area contributed by atoms with Crippen molar-refractivity contribution >= 4 is 50.4 Å². The van der Waals surface area contributed by atoms with Crippen molar-refractivity contribution in [1.29, 1.82) is 0 Å². The molecule has 4 rings (SSSR count). The minimum absolute atomic E-state index is 0.0261. The number of nitrogens with one attached hydrogen (secondary N) is 4. The first-order chi connectivity index (χ1) is 13.9. The van der Waals surface area contributed by atoms with E-state index in [1.807, 2.05) is 19.1 Å². The Balaban J connectivity index is 1.55. The van der Waals surface area contributed by atoms with E-state index in [0.717, 1.165) is 10.0 Å². The molecule has 10 heteroatoms. The number of amides is 2. The zero-order chi connectivity index (χ0) is 20.5. The van der Waals surface area contributed by atoms with Gasteiger partial charge in [0.25, 0.3) is 11.8 Å². The first-order valence-corrected chi connectivity index (χ1v) is 9.27. The summed E-state index contributed by atoms with van der Waals surface area (Å²) in [7, 11) is 0. The average Bonchev–Trinajstić information content (AvgIpc) is 3.31. The Morgan fingerprint density at radius 2 is 1.93 bits per heavy atom. The summed E-state index contributed by atoms with van der Waals surface area (Å²) in [6, 6.07) is 9.51. The SMILES string of the molecule is Cc1ccc(Br)cc1NC(=O)c1nc[nH]c1C(=O)Nc1nc2cc(F)ccc2[nH]1. The minimum atomic E-state index is -0.613. The van der Waals surface area contributed by atoms with Crippen LogP contribution in [0.5, 0.6) is 0 Å². The highest BCUT2D eigenvalue weighted by Crippen LogP contribution is 2.22. The molecule has 4 N–H and O–H groups in total. The number of aromatic nitrogens is 4. The van der Waals surface area contributed by atoms with Crippen molar-refractivity contribution in [2.24, 2.45) is 0 Å². The number of hydrogen-bond donors (Lipinski definition) is 4. The molecule has 8 nitrogen and oxygen atoms in total. The van der Waals surface area contributed by atoms with Gasteiger partial charge in [0, 0.05) is 16.2 Å². The third-order valence-corrected chi connectivity index (χ3v) is 4.70. The standard InChI is InChI=1S/C19H14BrFN6O2/c1-9-2-3-10(20)6-13(9)24-17(28)15-16(23-8-22-15)18(29)27-19-25-12-5-4-11(21)7-14(12)26-19/h2-8H,1H3,(H,22,23)(H,24,28)(H2,25,26,27,29). The number of aryl methyl sites for hydroxylation is 1. The Kier molecular flexibility index (Phi) is 4.85. The van der Waals surface area contributed by atoms with Gasteiger partial charge in [0.05, 0.1) is 17.4 Å². The molecule has 0 radical (unpaired) electrons. The molecule has 2 heterocycles. The van der Waals surface area contributed by atoms with Crippen LogP contribution >= 0.6 is 15.9 Å². The third kappa shape index (κ3) is 3.87. The number of H-pyrrole nitrogens is 2. The summed E-state index contributed by atoms with van der Waals surface area (Å²) in [5.74, 6) is -1.46. The summed E-state index contributed by atoms with van der Waals surface area (Å²) in [5.41, 5.74) is 2.30. The van der Waals surface area contributed by atoms with Crippen molar-refractivity contribution in [3.63, 3.8) is 0 Å². The van der Waals surface area contributed by atoms with Crippen LogP contribution in [0.1, 0.15) is 26.5 Å². The van der Waals surface area contributed by atoms with Gasteiger partial charge in [0.1, 0.15) is 11.5 Å². The van der Waals surface area contributed by atoms with Crippen LogP contribution in [0.3, 0.4) is 0 Å². The molecule has 2 aromatic heterocycles. The monoisotopic (exact) mass is 456 g/mol. The predicted octanol–water partition coefficient (Wildman–Crippen LogP) is 4.00. The maximum Gasteiger partial charge on any atom is 0.276 e. The smallest absolute Gasteiger partial charge is 0.276 e. The number of carbonyl (C=O) groups excluding carboxylic acids is 2. The molecule has 0 saturated carbocycles. The molecule has 0 fully saturated rings. The number of rotatable bonds is 4. The van der Waals surface area contributed by atoms with E-state index in [0.29, 0.717) is 16.7 Å². The normalized spacial score (nSPS) is 10.9. The molecule has 0 bridgehead atoms. The summed E-state index contributed by atoms with van der Waals surface area (Å²) in [5, 5.41) is 5.29. The highest BCUT2D eigenvalue weighted by molar-refractivity contribution is 9.10. The molecule has 0 aliphatic rings. The van der Waals surface area contributed by atoms with Gasteiger partial charge in [-0.25, -0.2) is 14.4 Å². The van der Waals surface area contributed by atoms with Gasteiger partial charge in [-0.2, -0.15) is 0 Å². The summed E-state index contributed by atoms with van der Waals surface area (Å²) in [4.78, 5) is 38.9. The number of imidazole rings is 2. The first-order valence-electron chi connectivity index (χ1n) is 8.48. The lowest BCUT2D eigenvalue weighted by atomic mass is 10.2. The fourth-order valence-electron chi connectivity index (χ4n) is 2.76. The predicted molar refractivity (Wildman–Crippen MR) is 109 cm³/mol. The number of halogens is 2. The highest BCUT2D eigenvalue weighted by atomic mass is 79.9. The van der Waals surface area contributed by atoms with E-state index in [1.54, 1.807) is 6.07 Å². The molecule has 0 saturated heterocycles. The van der Waals surface area contributed by atoms with Gasteiger partial charge in [-0.15, -0.1) is 0 Å². The van der Waals surface area contributed by atoms with Crippen molar-refractivity contribution < 1.29 is 14.0 Å². The molecule has 2 amide bonds. The lowest BCUT2D eigenvalue weighted by Crippen LogP contribution is -2.21. The minimum Gasteiger partial charge on any atom is -0.340 e. The van der Waals surface area contributed by atoms with E-state index >= 15 is 0 Å². The summed E-state index contributed by atoms with van der Waals surface area (Å²) >= 11 is 3.36. The number of anilines is 2. The Hall–Kier alpha value is -3.53. The molecule has 29 heavy (non-hydrogen) atoms. The summed E-state index contributed by atoms with van der Waals surface area (Å²) < 4.78 is 14.1. The highest BCUT2D eigenvalue weighted by Gasteiger charge is 2.22. The van der Waals surface area contributed by atoms with E-state index in [2.05, 4.69) is 46.5 Å². The van der Waals surface area contributed by atoms with Crippen LogP contribution in [0.4, 0.5) is 16.0 Å². The Labute approximate surface area is 172 Å². The Bertz CT molecular complexity index is 1250. The lowest BCUT2D eigenvalue weighted by Gasteiger charge is -2.08. The maximum atomic E-state index is 13.3. The topological polar surface area (TPSA) is 116 Å². The number of benzene rings is 2. The second kappa shape index (κ2) is 7.47.